The Bertz CT molecular complexity index is 1080. The van der Waals surface area contributed by atoms with Crippen molar-refractivity contribution in [3.63, 3.8) is 0 Å². The molecule has 0 atom stereocenters. The summed E-state index contributed by atoms with van der Waals surface area (Å²) >= 11 is 0.977. The minimum absolute atomic E-state index is 0.0149. The van der Waals surface area contributed by atoms with E-state index < -0.39 is 15.7 Å². The van der Waals surface area contributed by atoms with Crippen molar-refractivity contribution in [2.24, 2.45) is 0 Å². The SMILES string of the molecule is Cc1nnsc1C(=O)NCCNS(=O)(=O)c1ccc2[nH]c(=O)[nH]c2c1. The molecule has 2 heterocycles. The average molecular weight is 382 g/mol. The normalized spacial score (nSPS) is 11.7. The molecule has 0 saturated heterocycles. The van der Waals surface area contributed by atoms with Crippen LogP contribution in [0.3, 0.4) is 0 Å². The van der Waals surface area contributed by atoms with E-state index in [0.29, 0.717) is 21.6 Å². The molecular weight excluding hydrogens is 368 g/mol. The Morgan fingerprint density at radius 1 is 1.24 bits per heavy atom. The maximum absolute atomic E-state index is 12.3. The number of nitrogens with zero attached hydrogens (tertiary/aromatic N) is 2. The van der Waals surface area contributed by atoms with Gasteiger partial charge in [-0.3, -0.25) is 4.79 Å². The molecule has 0 spiro atoms. The number of hydrogen-bond acceptors (Lipinski definition) is 7. The van der Waals surface area contributed by atoms with Crippen LogP contribution >= 0.6 is 11.5 Å². The van der Waals surface area contributed by atoms with Crippen molar-refractivity contribution >= 4 is 38.5 Å². The van der Waals surface area contributed by atoms with E-state index in [1.807, 2.05) is 0 Å². The molecule has 2 aromatic heterocycles. The number of H-pyrrole nitrogens is 2. The van der Waals surface area contributed by atoms with Crippen molar-refractivity contribution in [2.45, 2.75) is 11.8 Å². The van der Waals surface area contributed by atoms with Gasteiger partial charge in [-0.05, 0) is 36.7 Å². The summed E-state index contributed by atoms with van der Waals surface area (Å²) in [5.74, 6) is -0.349. The van der Waals surface area contributed by atoms with Crippen LogP contribution in [0, 0.1) is 6.92 Å². The van der Waals surface area contributed by atoms with Crippen molar-refractivity contribution in [3.05, 3.63) is 39.3 Å². The highest BCUT2D eigenvalue weighted by atomic mass is 32.2. The zero-order valence-corrected chi connectivity index (χ0v) is 14.6. The number of fused-ring (bicyclic) bond motifs is 1. The summed E-state index contributed by atoms with van der Waals surface area (Å²) < 4.78 is 30.6. The van der Waals surface area contributed by atoms with E-state index >= 15 is 0 Å². The summed E-state index contributed by atoms with van der Waals surface area (Å²) in [7, 11) is -3.76. The lowest BCUT2D eigenvalue weighted by Crippen LogP contribution is -2.34. The van der Waals surface area contributed by atoms with Crippen LogP contribution in [0.2, 0.25) is 0 Å². The Hall–Kier alpha value is -2.57. The maximum atomic E-state index is 12.3. The van der Waals surface area contributed by atoms with Crippen LogP contribution < -0.4 is 15.7 Å². The number of imidazole rings is 1. The minimum Gasteiger partial charge on any atom is -0.350 e. The van der Waals surface area contributed by atoms with Gasteiger partial charge in [0.05, 0.1) is 21.6 Å². The highest BCUT2D eigenvalue weighted by Gasteiger charge is 2.16. The van der Waals surface area contributed by atoms with Crippen molar-refractivity contribution in [1.29, 1.82) is 0 Å². The predicted octanol–water partition coefficient (Wildman–Crippen LogP) is -0.276. The second-order valence-electron chi connectivity index (χ2n) is 5.13. The van der Waals surface area contributed by atoms with Crippen molar-refractivity contribution in [3.8, 4) is 0 Å². The van der Waals surface area contributed by atoms with Gasteiger partial charge in [0.1, 0.15) is 4.88 Å². The zero-order chi connectivity index (χ0) is 18.0. The Morgan fingerprint density at radius 2 is 2.00 bits per heavy atom. The van der Waals surface area contributed by atoms with E-state index in [4.69, 9.17) is 0 Å². The third-order valence-corrected chi connectivity index (χ3v) is 5.64. The number of aromatic amines is 2. The third-order valence-electron chi connectivity index (χ3n) is 3.36. The number of hydrogen-bond donors (Lipinski definition) is 4. The second kappa shape index (κ2) is 6.74. The van der Waals surface area contributed by atoms with Crippen LogP contribution in [0.4, 0.5) is 0 Å². The van der Waals surface area contributed by atoms with E-state index in [-0.39, 0.29) is 23.9 Å². The second-order valence-corrected chi connectivity index (χ2v) is 7.65. The first-order valence-corrected chi connectivity index (χ1v) is 9.41. The number of aryl methyl sites for hydroxylation is 1. The van der Waals surface area contributed by atoms with Crippen LogP contribution in [0.5, 0.6) is 0 Å². The van der Waals surface area contributed by atoms with Gasteiger partial charge in [0.15, 0.2) is 0 Å². The van der Waals surface area contributed by atoms with Gasteiger partial charge in [0.2, 0.25) is 10.0 Å². The van der Waals surface area contributed by atoms with Gasteiger partial charge in [-0.15, -0.1) is 5.10 Å². The quantitative estimate of drug-likeness (QED) is 0.431. The first-order valence-electron chi connectivity index (χ1n) is 7.16. The first kappa shape index (κ1) is 17.3. The Kier molecular flexibility index (Phi) is 4.65. The molecule has 0 fully saturated rings. The lowest BCUT2D eigenvalue weighted by Gasteiger charge is -2.07. The molecule has 0 aliphatic carbocycles. The predicted molar refractivity (Wildman–Crippen MR) is 91.1 cm³/mol. The van der Waals surface area contributed by atoms with E-state index in [2.05, 4.69) is 29.6 Å². The van der Waals surface area contributed by atoms with E-state index in [0.717, 1.165) is 11.5 Å². The number of benzene rings is 1. The van der Waals surface area contributed by atoms with Gasteiger partial charge in [0.25, 0.3) is 5.91 Å². The highest BCUT2D eigenvalue weighted by Crippen LogP contribution is 2.14. The van der Waals surface area contributed by atoms with E-state index in [9.17, 15) is 18.0 Å². The molecule has 0 aliphatic heterocycles. The summed E-state index contributed by atoms with van der Waals surface area (Å²) in [6, 6.07) is 4.25. The van der Waals surface area contributed by atoms with Gasteiger partial charge in [-0.25, -0.2) is 17.9 Å². The number of nitrogens with one attached hydrogen (secondary N) is 4. The van der Waals surface area contributed by atoms with Gasteiger partial charge < -0.3 is 15.3 Å². The molecule has 0 saturated carbocycles. The molecule has 0 aliphatic rings. The summed E-state index contributed by atoms with van der Waals surface area (Å²) in [5.41, 5.74) is 1.03. The fraction of sp³-hybridized carbons (Fsp3) is 0.231. The molecule has 0 radical (unpaired) electrons. The number of carbonyl (C=O) groups excluding carboxylic acids is 1. The molecule has 0 bridgehead atoms. The summed E-state index contributed by atoms with van der Waals surface area (Å²) in [6.45, 7) is 1.79. The number of amides is 1. The van der Waals surface area contributed by atoms with E-state index in [1.54, 1.807) is 6.92 Å². The summed E-state index contributed by atoms with van der Waals surface area (Å²) in [5, 5.41) is 6.33. The van der Waals surface area contributed by atoms with Crippen molar-refractivity contribution in [1.82, 2.24) is 29.6 Å². The molecule has 3 aromatic rings. The van der Waals surface area contributed by atoms with E-state index in [1.165, 1.54) is 18.2 Å². The summed E-state index contributed by atoms with van der Waals surface area (Å²) in [4.78, 5) is 28.5. The number of rotatable bonds is 6. The molecule has 25 heavy (non-hydrogen) atoms. The van der Waals surface area contributed by atoms with Crippen molar-refractivity contribution in [2.75, 3.05) is 13.1 Å². The number of sulfonamides is 1. The minimum atomic E-state index is -3.76. The van der Waals surface area contributed by atoms with Gasteiger partial charge in [-0.2, -0.15) is 0 Å². The van der Waals surface area contributed by atoms with Crippen LogP contribution in [0.15, 0.2) is 27.9 Å². The molecule has 0 unspecified atom stereocenters. The molecule has 10 nitrogen and oxygen atoms in total. The van der Waals surface area contributed by atoms with Gasteiger partial charge in [0, 0.05) is 13.1 Å². The topological polar surface area (TPSA) is 150 Å². The van der Waals surface area contributed by atoms with Crippen LogP contribution in [-0.4, -0.2) is 47.0 Å². The third kappa shape index (κ3) is 3.75. The zero-order valence-electron chi connectivity index (χ0n) is 13.0. The van der Waals surface area contributed by atoms with Gasteiger partial charge >= 0.3 is 5.69 Å². The fourth-order valence-electron chi connectivity index (χ4n) is 2.14. The first-order chi connectivity index (χ1) is 11.9. The average Bonchev–Trinajstić information content (AvgIpc) is 3.15. The van der Waals surface area contributed by atoms with Crippen LogP contribution in [0.1, 0.15) is 15.4 Å². The van der Waals surface area contributed by atoms with Crippen LogP contribution in [-0.2, 0) is 10.0 Å². The fourth-order valence-corrected chi connectivity index (χ4v) is 3.77. The molecular formula is C13H14N6O4S2. The Morgan fingerprint density at radius 3 is 2.72 bits per heavy atom. The Labute approximate surface area is 145 Å². The lowest BCUT2D eigenvalue weighted by atomic mass is 10.3. The standard InChI is InChI=1S/C13H14N6O4S2/c1-7-11(24-19-18-7)12(20)14-4-5-15-25(22,23)8-2-3-9-10(6-8)17-13(21)16-9/h2-3,6,15H,4-5H2,1H3,(H,14,20)(H2,16,17,21). The molecule has 1 aromatic carbocycles. The molecule has 12 heteroatoms. The van der Waals surface area contributed by atoms with Crippen molar-refractivity contribution < 1.29 is 13.2 Å². The lowest BCUT2D eigenvalue weighted by molar-refractivity contribution is 0.0957. The monoisotopic (exact) mass is 382 g/mol. The maximum Gasteiger partial charge on any atom is 0.323 e. The summed E-state index contributed by atoms with van der Waals surface area (Å²) in [6.07, 6.45) is 0. The highest BCUT2D eigenvalue weighted by molar-refractivity contribution is 7.89. The molecule has 3 rings (SSSR count). The Balaban J connectivity index is 1.60. The molecule has 1 amide bonds. The number of aromatic nitrogens is 4. The molecule has 132 valence electrons. The smallest absolute Gasteiger partial charge is 0.323 e. The largest absolute Gasteiger partial charge is 0.350 e. The van der Waals surface area contributed by atoms with Gasteiger partial charge in [-0.1, -0.05) is 4.49 Å². The van der Waals surface area contributed by atoms with Crippen LogP contribution in [0.25, 0.3) is 11.0 Å². The number of carbonyl (C=O) groups is 1. The molecule has 4 N–H and O–H groups in total.